The minimum absolute atomic E-state index is 0.231. The molecule has 1 atom stereocenters. The first-order valence-corrected chi connectivity index (χ1v) is 9.74. The molecule has 3 amide bonds. The van der Waals surface area contributed by atoms with E-state index in [2.05, 4.69) is 5.32 Å². The predicted molar refractivity (Wildman–Crippen MR) is 109 cm³/mol. The quantitative estimate of drug-likeness (QED) is 0.863. The standard InChI is InChI=1S/C22H26FN3O2/c1-3-25(19-13-11-18(23)12-14-19)21(27)16(2)24-22(28)26-15-7-6-9-17-8-4-5-10-20(17)26/h4-5,8,10-14,16H,3,6-7,9,15H2,1-2H3,(H,24,28)/t16-/m1/s1. The fraction of sp³-hybridized carbons (Fsp3) is 0.364. The fourth-order valence-electron chi connectivity index (χ4n) is 3.55. The lowest BCUT2D eigenvalue weighted by molar-refractivity contribution is -0.119. The average Bonchev–Trinajstić information content (AvgIpc) is 2.92. The van der Waals surface area contributed by atoms with Crippen LogP contribution in [0.15, 0.2) is 48.5 Å². The third-order valence-electron chi connectivity index (χ3n) is 5.04. The van der Waals surface area contributed by atoms with Crippen molar-refractivity contribution < 1.29 is 14.0 Å². The van der Waals surface area contributed by atoms with Crippen LogP contribution in [0.4, 0.5) is 20.6 Å². The highest BCUT2D eigenvalue weighted by Crippen LogP contribution is 2.26. The Morgan fingerprint density at radius 2 is 1.86 bits per heavy atom. The maximum Gasteiger partial charge on any atom is 0.322 e. The van der Waals surface area contributed by atoms with Gasteiger partial charge in [-0.3, -0.25) is 9.69 Å². The molecule has 0 spiro atoms. The summed E-state index contributed by atoms with van der Waals surface area (Å²) in [6, 6.07) is 12.7. The van der Waals surface area contributed by atoms with E-state index in [1.165, 1.54) is 12.1 Å². The maximum absolute atomic E-state index is 13.2. The van der Waals surface area contributed by atoms with Gasteiger partial charge < -0.3 is 10.2 Å². The molecule has 6 heteroatoms. The van der Waals surface area contributed by atoms with Gasteiger partial charge in [0.1, 0.15) is 11.9 Å². The van der Waals surface area contributed by atoms with E-state index in [4.69, 9.17) is 0 Å². The van der Waals surface area contributed by atoms with Crippen LogP contribution in [0.3, 0.4) is 0 Å². The van der Waals surface area contributed by atoms with E-state index in [1.807, 2.05) is 31.2 Å². The van der Waals surface area contributed by atoms with Gasteiger partial charge in [0, 0.05) is 24.5 Å². The van der Waals surface area contributed by atoms with Gasteiger partial charge in [0.2, 0.25) is 5.91 Å². The highest BCUT2D eigenvalue weighted by molar-refractivity contribution is 6.01. The Morgan fingerprint density at radius 3 is 2.57 bits per heavy atom. The van der Waals surface area contributed by atoms with E-state index in [1.54, 1.807) is 28.9 Å². The lowest BCUT2D eigenvalue weighted by Crippen LogP contribution is -2.51. The van der Waals surface area contributed by atoms with Crippen molar-refractivity contribution in [2.45, 2.75) is 39.2 Å². The second kappa shape index (κ2) is 8.87. The Balaban J connectivity index is 1.72. The zero-order valence-corrected chi connectivity index (χ0v) is 16.3. The number of benzene rings is 2. The Bertz CT molecular complexity index is 838. The number of hydrogen-bond donors (Lipinski definition) is 1. The van der Waals surface area contributed by atoms with E-state index >= 15 is 0 Å². The van der Waals surface area contributed by atoms with E-state index in [9.17, 15) is 14.0 Å². The van der Waals surface area contributed by atoms with Gasteiger partial charge in [0.15, 0.2) is 0 Å². The summed E-state index contributed by atoms with van der Waals surface area (Å²) in [5.74, 6) is -0.584. The molecule has 0 saturated carbocycles. The number of nitrogens with one attached hydrogen (secondary N) is 1. The van der Waals surface area contributed by atoms with Gasteiger partial charge in [-0.1, -0.05) is 18.2 Å². The van der Waals surface area contributed by atoms with Crippen molar-refractivity contribution in [2.24, 2.45) is 0 Å². The van der Waals surface area contributed by atoms with E-state index in [0.29, 0.717) is 18.8 Å². The van der Waals surface area contributed by atoms with Crippen LogP contribution in [0.25, 0.3) is 0 Å². The van der Waals surface area contributed by atoms with Crippen molar-refractivity contribution in [3.8, 4) is 0 Å². The van der Waals surface area contributed by atoms with Gasteiger partial charge in [-0.15, -0.1) is 0 Å². The topological polar surface area (TPSA) is 52.7 Å². The number of fused-ring (bicyclic) bond motifs is 1. The summed E-state index contributed by atoms with van der Waals surface area (Å²) < 4.78 is 13.2. The Hall–Kier alpha value is -2.89. The van der Waals surface area contributed by atoms with Crippen molar-refractivity contribution in [3.05, 3.63) is 59.9 Å². The van der Waals surface area contributed by atoms with E-state index < -0.39 is 6.04 Å². The monoisotopic (exact) mass is 383 g/mol. The molecule has 0 aromatic heterocycles. The number of anilines is 2. The summed E-state index contributed by atoms with van der Waals surface area (Å²) in [6.45, 7) is 4.58. The van der Waals surface area contributed by atoms with Crippen molar-refractivity contribution in [1.82, 2.24) is 5.32 Å². The molecule has 1 N–H and O–H groups in total. The zero-order chi connectivity index (χ0) is 20.1. The summed E-state index contributed by atoms with van der Waals surface area (Å²) in [6.07, 6.45) is 2.90. The summed E-state index contributed by atoms with van der Waals surface area (Å²) in [7, 11) is 0. The molecule has 28 heavy (non-hydrogen) atoms. The number of hydrogen-bond acceptors (Lipinski definition) is 2. The van der Waals surface area contributed by atoms with Crippen molar-refractivity contribution in [1.29, 1.82) is 0 Å². The number of carbonyl (C=O) groups is 2. The lowest BCUT2D eigenvalue weighted by atomic mass is 10.1. The largest absolute Gasteiger partial charge is 0.326 e. The number of urea groups is 1. The van der Waals surface area contributed by atoms with Crippen LogP contribution in [-0.4, -0.2) is 31.1 Å². The minimum Gasteiger partial charge on any atom is -0.326 e. The van der Waals surface area contributed by atoms with Gasteiger partial charge in [0.25, 0.3) is 0 Å². The maximum atomic E-state index is 13.2. The van der Waals surface area contributed by atoms with E-state index in [0.717, 1.165) is 30.5 Å². The molecular formula is C22H26FN3O2. The van der Waals surface area contributed by atoms with Gasteiger partial charge in [-0.2, -0.15) is 0 Å². The molecule has 0 unspecified atom stereocenters. The molecular weight excluding hydrogens is 357 g/mol. The molecule has 0 saturated heterocycles. The molecule has 0 bridgehead atoms. The first-order chi connectivity index (χ1) is 13.5. The van der Waals surface area contributed by atoms with Gasteiger partial charge in [-0.25, -0.2) is 9.18 Å². The molecule has 0 fully saturated rings. The number of aryl methyl sites for hydroxylation is 1. The molecule has 3 rings (SSSR count). The molecule has 1 aliphatic rings. The van der Waals surface area contributed by atoms with Crippen LogP contribution in [0, 0.1) is 5.82 Å². The third-order valence-corrected chi connectivity index (χ3v) is 5.04. The summed E-state index contributed by atoms with van der Waals surface area (Å²) in [4.78, 5) is 29.1. The second-order valence-electron chi connectivity index (χ2n) is 6.97. The first kappa shape index (κ1) is 19.9. The Morgan fingerprint density at radius 1 is 1.14 bits per heavy atom. The molecule has 0 aliphatic carbocycles. The van der Waals surface area contributed by atoms with Crippen LogP contribution >= 0.6 is 0 Å². The van der Waals surface area contributed by atoms with Crippen LogP contribution in [0.1, 0.15) is 32.3 Å². The number of likely N-dealkylation sites (N-methyl/N-ethyl adjacent to an activating group) is 1. The highest BCUT2D eigenvalue weighted by Gasteiger charge is 2.26. The van der Waals surface area contributed by atoms with Crippen LogP contribution < -0.4 is 15.1 Å². The Labute approximate surface area is 165 Å². The second-order valence-corrected chi connectivity index (χ2v) is 6.97. The number of nitrogens with zero attached hydrogens (tertiary/aromatic N) is 2. The third kappa shape index (κ3) is 4.32. The lowest BCUT2D eigenvalue weighted by Gasteiger charge is -2.28. The molecule has 0 radical (unpaired) electrons. The number of amides is 3. The zero-order valence-electron chi connectivity index (χ0n) is 16.3. The minimum atomic E-state index is -0.701. The highest BCUT2D eigenvalue weighted by atomic mass is 19.1. The number of para-hydroxylation sites is 1. The molecule has 5 nitrogen and oxygen atoms in total. The number of carbonyl (C=O) groups excluding carboxylic acids is 2. The first-order valence-electron chi connectivity index (χ1n) is 9.74. The van der Waals surface area contributed by atoms with Crippen LogP contribution in [0.5, 0.6) is 0 Å². The number of halogens is 1. The summed E-state index contributed by atoms with van der Waals surface area (Å²) in [5.41, 5.74) is 2.66. The molecule has 2 aromatic carbocycles. The Kier molecular flexibility index (Phi) is 6.29. The smallest absolute Gasteiger partial charge is 0.322 e. The van der Waals surface area contributed by atoms with Gasteiger partial charge in [-0.05, 0) is 69.0 Å². The fourth-order valence-corrected chi connectivity index (χ4v) is 3.55. The average molecular weight is 383 g/mol. The predicted octanol–water partition coefficient (Wildman–Crippen LogP) is 4.12. The number of rotatable bonds is 4. The molecule has 2 aromatic rings. The van der Waals surface area contributed by atoms with Gasteiger partial charge >= 0.3 is 6.03 Å². The molecule has 148 valence electrons. The summed E-state index contributed by atoms with van der Waals surface area (Å²) >= 11 is 0. The van der Waals surface area contributed by atoms with E-state index in [-0.39, 0.29) is 17.8 Å². The SMILES string of the molecule is CCN(C(=O)[C@@H](C)NC(=O)N1CCCCc2ccccc21)c1ccc(F)cc1. The van der Waals surface area contributed by atoms with Crippen LogP contribution in [-0.2, 0) is 11.2 Å². The normalized spacial score (nSPS) is 14.6. The van der Waals surface area contributed by atoms with Gasteiger partial charge in [0.05, 0.1) is 0 Å². The van der Waals surface area contributed by atoms with Crippen LogP contribution in [0.2, 0.25) is 0 Å². The summed E-state index contributed by atoms with van der Waals surface area (Å²) in [5, 5.41) is 2.84. The molecule has 1 heterocycles. The van der Waals surface area contributed by atoms with Crippen molar-refractivity contribution in [2.75, 3.05) is 22.9 Å². The molecule has 1 aliphatic heterocycles. The van der Waals surface area contributed by atoms with Crippen molar-refractivity contribution >= 4 is 23.3 Å². The van der Waals surface area contributed by atoms with Crippen molar-refractivity contribution in [3.63, 3.8) is 0 Å².